The number of alkyl halides is 2. The predicted molar refractivity (Wildman–Crippen MR) is 64.9 cm³/mol. The summed E-state index contributed by atoms with van der Waals surface area (Å²) in [6.07, 6.45) is -0.379. The van der Waals surface area contributed by atoms with Gasteiger partial charge in [-0.05, 0) is 0 Å². The van der Waals surface area contributed by atoms with Gasteiger partial charge in [0.1, 0.15) is 8.07 Å². The van der Waals surface area contributed by atoms with Crippen LogP contribution in [0, 0.1) is 0 Å². The summed E-state index contributed by atoms with van der Waals surface area (Å²) in [6, 6.07) is 0. The van der Waals surface area contributed by atoms with E-state index in [1.54, 1.807) is 24.5 Å². The monoisotopic (exact) mass is 265 g/mol. The second-order valence-electron chi connectivity index (χ2n) is 5.45. The number of carbonyl (C=O) groups is 1. The lowest BCUT2D eigenvalue weighted by atomic mass is 10.2. The second-order valence-corrected chi connectivity index (χ2v) is 10.7. The molecular formula is C11H21F2NO2Si. The highest BCUT2D eigenvalue weighted by Crippen LogP contribution is 2.31. The predicted octanol–water partition coefficient (Wildman–Crippen LogP) is 2.14. The molecule has 0 N–H and O–H groups in total. The van der Waals surface area contributed by atoms with Crippen LogP contribution in [-0.4, -0.2) is 50.7 Å². The van der Waals surface area contributed by atoms with Crippen molar-refractivity contribution in [2.24, 2.45) is 0 Å². The van der Waals surface area contributed by atoms with Gasteiger partial charge in [0.15, 0.2) is 0 Å². The molecule has 0 aromatic heterocycles. The Morgan fingerprint density at radius 3 is 2.29 bits per heavy atom. The van der Waals surface area contributed by atoms with Crippen molar-refractivity contribution >= 4 is 14.0 Å². The zero-order valence-corrected chi connectivity index (χ0v) is 11.8. The van der Waals surface area contributed by atoms with E-state index in [4.69, 9.17) is 4.74 Å². The first-order valence-corrected chi connectivity index (χ1v) is 9.47. The van der Waals surface area contributed by atoms with Crippen molar-refractivity contribution in [3.63, 3.8) is 0 Å². The second kappa shape index (κ2) is 5.43. The van der Waals surface area contributed by atoms with Crippen molar-refractivity contribution in [2.45, 2.75) is 38.0 Å². The van der Waals surface area contributed by atoms with Gasteiger partial charge in [0.05, 0.1) is 13.2 Å². The van der Waals surface area contributed by atoms with E-state index < -0.39 is 13.6 Å². The summed E-state index contributed by atoms with van der Waals surface area (Å²) in [7, 11) is -2.53. The number of hydrogen-bond donors (Lipinski definition) is 0. The molecule has 1 aliphatic heterocycles. The summed E-state index contributed by atoms with van der Waals surface area (Å²) >= 11 is 0. The first-order chi connectivity index (χ1) is 7.74. The van der Waals surface area contributed by atoms with E-state index >= 15 is 0 Å². The molecule has 3 nitrogen and oxygen atoms in total. The highest BCUT2D eigenvalue weighted by Gasteiger charge is 2.44. The Hall–Kier alpha value is -0.493. The zero-order valence-electron chi connectivity index (χ0n) is 10.8. The van der Waals surface area contributed by atoms with E-state index in [0.29, 0.717) is 26.3 Å². The Kier molecular flexibility index (Phi) is 4.66. The molecule has 0 aromatic carbocycles. The molecule has 6 heteroatoms. The van der Waals surface area contributed by atoms with Crippen LogP contribution in [-0.2, 0) is 9.53 Å². The summed E-state index contributed by atoms with van der Waals surface area (Å²) in [4.78, 5) is 13.3. The number of ether oxygens (including phenoxy) is 1. The van der Waals surface area contributed by atoms with E-state index in [2.05, 4.69) is 0 Å². The van der Waals surface area contributed by atoms with E-state index in [9.17, 15) is 13.6 Å². The van der Waals surface area contributed by atoms with Crippen molar-refractivity contribution < 1.29 is 18.3 Å². The Morgan fingerprint density at radius 2 is 1.82 bits per heavy atom. The molecule has 1 aliphatic rings. The normalized spacial score (nSPS) is 18.3. The van der Waals surface area contributed by atoms with Gasteiger partial charge in [-0.2, -0.15) is 0 Å². The average molecular weight is 265 g/mol. The molecule has 0 unspecified atom stereocenters. The Morgan fingerprint density at radius 1 is 1.29 bits per heavy atom. The molecule has 0 aliphatic carbocycles. The van der Waals surface area contributed by atoms with Gasteiger partial charge in [-0.15, -0.1) is 0 Å². The number of halogens is 2. The number of rotatable bonds is 4. The third-order valence-corrected chi connectivity index (χ3v) is 5.56. The van der Waals surface area contributed by atoms with Crippen LogP contribution in [0.25, 0.3) is 0 Å². The van der Waals surface area contributed by atoms with Crippen LogP contribution in [0.15, 0.2) is 0 Å². The number of carbonyl (C=O) groups excluding carboxylic acids is 1. The third kappa shape index (κ3) is 4.03. The summed E-state index contributed by atoms with van der Waals surface area (Å²) < 4.78 is 32.6. The van der Waals surface area contributed by atoms with Gasteiger partial charge in [0, 0.05) is 25.9 Å². The number of amides is 1. The first kappa shape index (κ1) is 14.6. The Labute approximate surface area is 102 Å². The van der Waals surface area contributed by atoms with Crippen LogP contribution in [0.4, 0.5) is 8.78 Å². The first-order valence-electron chi connectivity index (χ1n) is 5.97. The summed E-state index contributed by atoms with van der Waals surface area (Å²) in [5.74, 6) is -0.175. The van der Waals surface area contributed by atoms with Crippen molar-refractivity contribution in [3.05, 3.63) is 0 Å². The maximum Gasteiger partial charge on any atom is 0.229 e. The van der Waals surface area contributed by atoms with Crippen molar-refractivity contribution in [1.82, 2.24) is 4.90 Å². The van der Waals surface area contributed by atoms with E-state index in [1.165, 1.54) is 0 Å². The molecular weight excluding hydrogens is 244 g/mol. The van der Waals surface area contributed by atoms with Crippen molar-refractivity contribution in [1.29, 1.82) is 0 Å². The lowest BCUT2D eigenvalue weighted by Gasteiger charge is -2.30. The standard InChI is InChI=1S/C11H21F2NO2Si/c1-17(2,3)11(12,13)5-4-10(15)14-6-8-16-9-7-14/h4-9H2,1-3H3. The van der Waals surface area contributed by atoms with E-state index in [1.807, 2.05) is 0 Å². The Bertz CT molecular complexity index is 273. The molecule has 0 spiro atoms. The minimum absolute atomic E-state index is 0.0583. The molecule has 100 valence electrons. The van der Waals surface area contributed by atoms with Crippen LogP contribution in [0.5, 0.6) is 0 Å². The van der Waals surface area contributed by atoms with Crippen LogP contribution >= 0.6 is 0 Å². The third-order valence-electron chi connectivity index (χ3n) is 3.11. The summed E-state index contributed by atoms with van der Waals surface area (Å²) in [5, 5.41) is 0. The largest absolute Gasteiger partial charge is 0.378 e. The molecule has 0 radical (unpaired) electrons. The fourth-order valence-electron chi connectivity index (χ4n) is 1.61. The molecule has 1 amide bonds. The summed E-state index contributed by atoms with van der Waals surface area (Å²) in [6.45, 7) is 6.96. The molecule has 1 heterocycles. The molecule has 1 saturated heterocycles. The van der Waals surface area contributed by atoms with Crippen molar-refractivity contribution in [2.75, 3.05) is 26.3 Å². The quantitative estimate of drug-likeness (QED) is 0.729. The highest BCUT2D eigenvalue weighted by molar-refractivity contribution is 6.78. The minimum atomic E-state index is -2.67. The van der Waals surface area contributed by atoms with Gasteiger partial charge >= 0.3 is 0 Å². The molecule has 1 fully saturated rings. The van der Waals surface area contributed by atoms with E-state index in [0.717, 1.165) is 0 Å². The lowest BCUT2D eigenvalue weighted by Crippen LogP contribution is -2.46. The summed E-state index contributed by atoms with van der Waals surface area (Å²) in [5.41, 5.74) is -2.67. The van der Waals surface area contributed by atoms with Gasteiger partial charge < -0.3 is 9.64 Å². The van der Waals surface area contributed by atoms with Crippen LogP contribution in [0.3, 0.4) is 0 Å². The molecule has 0 aromatic rings. The molecule has 0 saturated carbocycles. The van der Waals surface area contributed by atoms with Gasteiger partial charge in [-0.25, -0.2) is 8.78 Å². The Balaban J connectivity index is 2.42. The van der Waals surface area contributed by atoms with Crippen molar-refractivity contribution in [3.8, 4) is 0 Å². The minimum Gasteiger partial charge on any atom is -0.378 e. The van der Waals surface area contributed by atoms with Gasteiger partial charge in [0.2, 0.25) is 11.5 Å². The number of hydrogen-bond acceptors (Lipinski definition) is 2. The topological polar surface area (TPSA) is 29.5 Å². The van der Waals surface area contributed by atoms with Crippen LogP contribution in [0.1, 0.15) is 12.8 Å². The van der Waals surface area contributed by atoms with E-state index in [-0.39, 0.29) is 18.7 Å². The molecule has 0 atom stereocenters. The fourth-order valence-corrected chi connectivity index (χ4v) is 2.48. The highest BCUT2D eigenvalue weighted by atomic mass is 28.3. The van der Waals surface area contributed by atoms with Crippen LogP contribution < -0.4 is 0 Å². The zero-order chi connectivity index (χ0) is 13.1. The number of nitrogens with zero attached hydrogens (tertiary/aromatic N) is 1. The maximum atomic E-state index is 13.7. The molecule has 0 bridgehead atoms. The number of morpholine rings is 1. The van der Waals surface area contributed by atoms with Gasteiger partial charge in [-0.3, -0.25) is 4.79 Å². The molecule has 17 heavy (non-hydrogen) atoms. The van der Waals surface area contributed by atoms with Crippen LogP contribution in [0.2, 0.25) is 19.6 Å². The SMILES string of the molecule is C[Si](C)(C)C(F)(F)CCC(=O)N1CCOCC1. The van der Waals surface area contributed by atoms with Gasteiger partial charge in [0.25, 0.3) is 0 Å². The average Bonchev–Trinajstić information content (AvgIpc) is 2.25. The lowest BCUT2D eigenvalue weighted by molar-refractivity contribution is -0.136. The van der Waals surface area contributed by atoms with Gasteiger partial charge in [-0.1, -0.05) is 19.6 Å². The fraction of sp³-hybridized carbons (Fsp3) is 0.909. The molecule has 1 rings (SSSR count). The maximum absolute atomic E-state index is 13.7. The smallest absolute Gasteiger partial charge is 0.229 e.